The van der Waals surface area contributed by atoms with Gasteiger partial charge in [-0.2, -0.15) is 0 Å². The quantitative estimate of drug-likeness (QED) is 0.0404. The van der Waals surface area contributed by atoms with Crippen molar-refractivity contribution in [3.05, 3.63) is 0 Å². The van der Waals surface area contributed by atoms with Crippen molar-refractivity contribution >= 4 is 0 Å². The van der Waals surface area contributed by atoms with Crippen LogP contribution in [0.2, 0.25) is 0 Å². The molecule has 0 amide bonds. The van der Waals surface area contributed by atoms with Gasteiger partial charge < -0.3 is 202 Å². The van der Waals surface area contributed by atoms with Gasteiger partial charge in [0.15, 0.2) is 44.0 Å². The highest BCUT2D eigenvalue weighted by molar-refractivity contribution is 5.02. The third-order valence-corrected chi connectivity index (χ3v) is 17.6. The summed E-state index contributed by atoms with van der Waals surface area (Å²) in [6, 6.07) is 0. The lowest BCUT2D eigenvalue weighted by molar-refractivity contribution is -0.398. The van der Waals surface area contributed by atoms with E-state index in [0.29, 0.717) is 0 Å². The molecule has 0 aromatic carbocycles. The number of rotatable bonds is 25. The SMILES string of the molecule is CC(O)COC[C@H]1O[C@@H]2O[C@H]3[C@H](O)[C@@H](O)[C@@H](O[C@H]4[C@H](O)[C@@H](O)[C@@H](O[C@H]5[C@H](O)[C@@H](O)[C@@H](O[C@H]6[C@H](O)[C@@H](O)[C@@H](O[C@H]7[C@H](O)[C@@H](O)[C@@H](O[C@H]8[C@H](O)[C@@H](O)[C@@H](O[C@H]1[C@H](O)[C@H]2O)O[C@@H]8CO)O[C@@H]7COCC(C)O)O[C@@H]6COCC(C)O)O[C@@H]5COCC(C)O)O[C@@H]4COCC(C)O)O[C@@H]3COCC(C)O. The van der Waals surface area contributed by atoms with Gasteiger partial charge in [-0.1, -0.05) is 0 Å². The van der Waals surface area contributed by atoms with E-state index < -0.39 is 298 Å². The van der Waals surface area contributed by atoms with Crippen LogP contribution in [0.4, 0.5) is 0 Å². The van der Waals surface area contributed by atoms with E-state index in [0.717, 1.165) is 0 Å². The third-order valence-electron chi connectivity index (χ3n) is 17.6. The summed E-state index contributed by atoms with van der Waals surface area (Å²) in [5.74, 6) is 0. The maximum absolute atomic E-state index is 12.1. The molecule has 21 rings (SSSR count). The summed E-state index contributed by atoms with van der Waals surface area (Å²) >= 11 is 0. The number of ether oxygens (including phenoxy) is 20. The van der Waals surface area contributed by atoms with Crippen molar-refractivity contribution in [1.29, 1.82) is 0 Å². The predicted molar refractivity (Wildman–Crippen MR) is 321 cm³/mol. The fraction of sp³-hybridized carbons (Fsp3) is 1.00. The highest BCUT2D eigenvalue weighted by atomic mass is 16.8. The molecular weight excluding hydrogens is 1380 g/mol. The number of aliphatic hydroxyl groups excluding tert-OH is 21. The summed E-state index contributed by atoms with van der Waals surface area (Å²) in [4.78, 5) is 0. The molecule has 0 aromatic heterocycles. The van der Waals surface area contributed by atoms with Crippen LogP contribution < -0.4 is 0 Å². The minimum atomic E-state index is -2.24. The van der Waals surface area contributed by atoms with Crippen LogP contribution in [0.15, 0.2) is 0 Å². The van der Waals surface area contributed by atoms with Crippen molar-refractivity contribution in [2.75, 3.05) is 85.9 Å². The molecule has 41 nitrogen and oxygen atoms in total. The lowest BCUT2D eigenvalue weighted by Crippen LogP contribution is -2.68. The van der Waals surface area contributed by atoms with Crippen LogP contribution in [-0.2, 0) is 94.7 Å². The Morgan fingerprint density at radius 3 is 0.465 bits per heavy atom. The Bertz CT molecular complexity index is 2320. The van der Waals surface area contributed by atoms with E-state index in [-0.39, 0.29) is 39.6 Å². The van der Waals surface area contributed by atoms with E-state index in [1.165, 1.54) is 41.5 Å². The molecule has 14 bridgehead atoms. The van der Waals surface area contributed by atoms with Gasteiger partial charge in [0.25, 0.3) is 0 Å². The first-order valence-corrected chi connectivity index (χ1v) is 33.6. The molecule has 21 saturated heterocycles. The van der Waals surface area contributed by atoms with Gasteiger partial charge in [-0.3, -0.25) is 0 Å². The van der Waals surface area contributed by atoms with Gasteiger partial charge in [-0.25, -0.2) is 0 Å². The number of hydrogen-bond acceptors (Lipinski definition) is 41. The van der Waals surface area contributed by atoms with Crippen LogP contribution in [-0.4, -0.2) is 445 Å². The fourth-order valence-corrected chi connectivity index (χ4v) is 12.5. The minimum absolute atomic E-state index is 0.375. The fourth-order valence-electron chi connectivity index (χ4n) is 12.5. The molecule has 6 unspecified atom stereocenters. The van der Waals surface area contributed by atoms with Gasteiger partial charge in [-0.15, -0.1) is 0 Å². The van der Waals surface area contributed by atoms with Crippen LogP contribution >= 0.6 is 0 Å². The molecule has 41 heteroatoms. The first-order valence-electron chi connectivity index (χ1n) is 33.6. The van der Waals surface area contributed by atoms with Crippen LogP contribution in [0.25, 0.3) is 0 Å². The standard InChI is InChI=1S/C60H106O41/c1-20(62)8-82-14-27-48-35(70)42(77)56(90-27)98-50-29(16-84-10-22(3)64)92-58(44(79)37(50)72)100-52-31(18-86-12-24(5)66)94-60(46(81)39(52)74)101-53-32(19-87-13-25(6)67)93-59(45(80)38(53)73)99-51-30(17-85-11-23(4)65)91-57(43(78)36(51)71)97-49-28(15-83-9-21(2)63)89-55(41(76)34(49)69)95-47-26(7-61)88-54(96-48)40(75)33(47)68/h20-81H,7-19H2,1-6H3/t20?,21?,22?,23?,24?,25?,26-,27-,28-,29-,30-,31-,32-,33-,34-,35-,36-,37-,38-,39-,40-,41-,42-,43-,44-,45-,46-,47-,48-,49-,50-,51-,52-,53-,54-,55-,56-,57-,58-,59-,60-/m1/s1. The Morgan fingerprint density at radius 1 is 0.208 bits per heavy atom. The van der Waals surface area contributed by atoms with E-state index in [1.54, 1.807) is 0 Å². The van der Waals surface area contributed by atoms with Crippen molar-refractivity contribution in [3.63, 3.8) is 0 Å². The zero-order valence-electron chi connectivity index (χ0n) is 56.4. The molecule has 21 aliphatic rings. The van der Waals surface area contributed by atoms with Crippen LogP contribution in [0, 0.1) is 0 Å². The van der Waals surface area contributed by atoms with Crippen molar-refractivity contribution in [2.24, 2.45) is 0 Å². The third kappa shape index (κ3) is 21.9. The normalized spacial score (nSPS) is 47.0. The van der Waals surface area contributed by atoms with Gasteiger partial charge in [0.2, 0.25) is 0 Å². The zero-order valence-corrected chi connectivity index (χ0v) is 56.4. The molecule has 0 saturated carbocycles. The Morgan fingerprint density at radius 2 is 0.337 bits per heavy atom. The van der Waals surface area contributed by atoms with Gasteiger partial charge in [0, 0.05) is 0 Å². The number of hydrogen-bond donors (Lipinski definition) is 21. The van der Waals surface area contributed by atoms with E-state index in [2.05, 4.69) is 0 Å². The first kappa shape index (κ1) is 85.0. The average Bonchev–Trinajstić information content (AvgIpc) is 0.798. The summed E-state index contributed by atoms with van der Waals surface area (Å²) in [7, 11) is 0. The van der Waals surface area contributed by atoms with Crippen LogP contribution in [0.5, 0.6) is 0 Å². The average molecular weight is 1480 g/mol. The monoisotopic (exact) mass is 1480 g/mol. The van der Waals surface area contributed by atoms with Gasteiger partial charge in [0.05, 0.1) is 123 Å². The number of aliphatic hydroxyl groups is 21. The van der Waals surface area contributed by atoms with Crippen molar-refractivity contribution in [1.82, 2.24) is 0 Å². The molecule has 21 aliphatic heterocycles. The predicted octanol–water partition coefficient (Wildman–Crippen LogP) is -12.8. The van der Waals surface area contributed by atoms with E-state index in [9.17, 15) is 107 Å². The molecule has 0 radical (unpaired) electrons. The van der Waals surface area contributed by atoms with Crippen LogP contribution in [0.1, 0.15) is 41.5 Å². The molecule has 0 aliphatic carbocycles. The minimum Gasteiger partial charge on any atom is -0.394 e. The van der Waals surface area contributed by atoms with Crippen LogP contribution in [0.3, 0.4) is 0 Å². The molecule has 21 heterocycles. The Kier molecular flexibility index (Phi) is 32.9. The Hall–Kier alpha value is -1.64. The summed E-state index contributed by atoms with van der Waals surface area (Å²) in [5.41, 5.74) is 0. The zero-order chi connectivity index (χ0) is 74.0. The van der Waals surface area contributed by atoms with E-state index >= 15 is 0 Å². The highest BCUT2D eigenvalue weighted by Crippen LogP contribution is 2.40. The van der Waals surface area contributed by atoms with Gasteiger partial charge >= 0.3 is 0 Å². The molecule has 21 fully saturated rings. The summed E-state index contributed by atoms with van der Waals surface area (Å²) in [5, 5.41) is 238. The van der Waals surface area contributed by atoms with Crippen molar-refractivity contribution < 1.29 is 202 Å². The maximum atomic E-state index is 12.1. The lowest BCUT2D eigenvalue weighted by Gasteiger charge is -2.50. The second kappa shape index (κ2) is 39.1. The first-order chi connectivity index (χ1) is 47.8. The smallest absolute Gasteiger partial charge is 0.187 e. The van der Waals surface area contributed by atoms with Gasteiger partial charge in [0.1, 0.15) is 171 Å². The highest BCUT2D eigenvalue weighted by Gasteiger charge is 2.60. The molecule has 592 valence electrons. The second-order valence-electron chi connectivity index (χ2n) is 26.9. The molecular formula is C60H106O41. The molecule has 21 N–H and O–H groups in total. The Labute approximate surface area is 579 Å². The summed E-state index contributed by atoms with van der Waals surface area (Å²) < 4.78 is 119. The summed E-state index contributed by atoms with van der Waals surface area (Å²) in [6.07, 6.45) is -76.8. The second-order valence-corrected chi connectivity index (χ2v) is 26.9. The van der Waals surface area contributed by atoms with Crippen molar-refractivity contribution in [3.8, 4) is 0 Å². The molecule has 0 spiro atoms. The topological polar surface area (TPSA) is 609 Å². The largest absolute Gasteiger partial charge is 0.394 e. The van der Waals surface area contributed by atoms with Crippen molar-refractivity contribution in [2.45, 2.75) is 293 Å². The summed E-state index contributed by atoms with van der Waals surface area (Å²) in [6.45, 7) is 1.11. The maximum Gasteiger partial charge on any atom is 0.187 e. The van der Waals surface area contributed by atoms with Gasteiger partial charge in [-0.05, 0) is 41.5 Å². The molecule has 0 aromatic rings. The molecule has 101 heavy (non-hydrogen) atoms. The lowest BCUT2D eigenvalue weighted by atomic mass is 9.95. The Balaban J connectivity index is 1.18. The van der Waals surface area contributed by atoms with E-state index in [4.69, 9.17) is 94.7 Å². The molecule has 41 atom stereocenters. The van der Waals surface area contributed by atoms with E-state index in [1.807, 2.05) is 0 Å².